The van der Waals surface area contributed by atoms with Gasteiger partial charge in [-0.1, -0.05) is 25.6 Å². The van der Waals surface area contributed by atoms with E-state index in [-0.39, 0.29) is 0 Å². The SMILES string of the molecule is COCCN1CCC(Cc2ncc(C#C[Si](C)(C)C)cn2)CC1. The molecule has 2 rings (SSSR count). The zero-order valence-electron chi connectivity index (χ0n) is 14.9. The highest BCUT2D eigenvalue weighted by Crippen LogP contribution is 2.20. The summed E-state index contributed by atoms with van der Waals surface area (Å²) in [5.41, 5.74) is 4.29. The van der Waals surface area contributed by atoms with Gasteiger partial charge in [0.2, 0.25) is 0 Å². The Hall–Kier alpha value is -1.22. The molecule has 1 aliphatic heterocycles. The molecule has 4 nitrogen and oxygen atoms in total. The van der Waals surface area contributed by atoms with Gasteiger partial charge in [0.25, 0.3) is 0 Å². The third-order valence-electron chi connectivity index (χ3n) is 4.08. The lowest BCUT2D eigenvalue weighted by molar-refractivity contribution is 0.120. The van der Waals surface area contributed by atoms with Crippen LogP contribution in [0.3, 0.4) is 0 Å². The van der Waals surface area contributed by atoms with Gasteiger partial charge in [-0.3, -0.25) is 0 Å². The lowest BCUT2D eigenvalue weighted by Gasteiger charge is -2.31. The second kappa shape index (κ2) is 8.58. The Balaban J connectivity index is 1.81. The predicted molar refractivity (Wildman–Crippen MR) is 97.0 cm³/mol. The smallest absolute Gasteiger partial charge is 0.129 e. The van der Waals surface area contributed by atoms with Crippen LogP contribution in [0.2, 0.25) is 19.6 Å². The molecule has 1 aromatic heterocycles. The number of ether oxygens (including phenoxy) is 1. The van der Waals surface area contributed by atoms with Gasteiger partial charge >= 0.3 is 0 Å². The van der Waals surface area contributed by atoms with Crippen molar-refractivity contribution in [2.24, 2.45) is 5.92 Å². The minimum atomic E-state index is -1.34. The molecule has 126 valence electrons. The zero-order valence-corrected chi connectivity index (χ0v) is 15.9. The van der Waals surface area contributed by atoms with E-state index < -0.39 is 8.07 Å². The number of hydrogen-bond donors (Lipinski definition) is 0. The first kappa shape index (κ1) is 18.1. The van der Waals surface area contributed by atoms with Crippen molar-refractivity contribution in [2.45, 2.75) is 38.9 Å². The van der Waals surface area contributed by atoms with Crippen LogP contribution in [0.4, 0.5) is 0 Å². The van der Waals surface area contributed by atoms with Crippen molar-refractivity contribution in [3.63, 3.8) is 0 Å². The van der Waals surface area contributed by atoms with Gasteiger partial charge < -0.3 is 9.64 Å². The molecule has 23 heavy (non-hydrogen) atoms. The molecule has 2 heterocycles. The summed E-state index contributed by atoms with van der Waals surface area (Å²) >= 11 is 0. The number of likely N-dealkylation sites (tertiary alicyclic amines) is 1. The Morgan fingerprint density at radius 1 is 1.22 bits per heavy atom. The van der Waals surface area contributed by atoms with Crippen molar-refractivity contribution in [3.05, 3.63) is 23.8 Å². The van der Waals surface area contributed by atoms with Gasteiger partial charge in [-0.15, -0.1) is 5.54 Å². The maximum absolute atomic E-state index is 5.15. The van der Waals surface area contributed by atoms with Crippen LogP contribution in [0, 0.1) is 17.4 Å². The molecule has 0 aromatic carbocycles. The highest BCUT2D eigenvalue weighted by atomic mass is 28.3. The average molecular weight is 332 g/mol. The molecule has 0 radical (unpaired) electrons. The summed E-state index contributed by atoms with van der Waals surface area (Å²) in [4.78, 5) is 11.5. The number of rotatable bonds is 5. The maximum atomic E-state index is 5.15. The number of nitrogens with zero attached hydrogens (tertiary/aromatic N) is 3. The topological polar surface area (TPSA) is 38.2 Å². The van der Waals surface area contributed by atoms with Crippen LogP contribution in [-0.2, 0) is 11.2 Å². The highest BCUT2D eigenvalue weighted by molar-refractivity contribution is 6.83. The fourth-order valence-electron chi connectivity index (χ4n) is 2.68. The summed E-state index contributed by atoms with van der Waals surface area (Å²) in [5.74, 6) is 4.87. The molecule has 0 spiro atoms. The van der Waals surface area contributed by atoms with E-state index in [1.165, 1.54) is 12.8 Å². The average Bonchev–Trinajstić information content (AvgIpc) is 2.53. The van der Waals surface area contributed by atoms with E-state index in [0.717, 1.165) is 44.0 Å². The molecule has 1 aromatic rings. The van der Waals surface area contributed by atoms with Crippen molar-refractivity contribution in [3.8, 4) is 11.5 Å². The van der Waals surface area contributed by atoms with Gasteiger partial charge in [-0.25, -0.2) is 9.97 Å². The largest absolute Gasteiger partial charge is 0.383 e. The van der Waals surface area contributed by atoms with E-state index >= 15 is 0 Å². The normalized spacial score (nSPS) is 16.9. The van der Waals surface area contributed by atoms with Gasteiger partial charge in [0.1, 0.15) is 13.9 Å². The summed E-state index contributed by atoms with van der Waals surface area (Å²) in [6.45, 7) is 10.9. The van der Waals surface area contributed by atoms with E-state index in [2.05, 4.69) is 46.0 Å². The van der Waals surface area contributed by atoms with Crippen LogP contribution >= 0.6 is 0 Å². The second-order valence-electron chi connectivity index (χ2n) is 7.37. The minimum Gasteiger partial charge on any atom is -0.383 e. The number of hydrogen-bond acceptors (Lipinski definition) is 4. The molecule has 1 aliphatic rings. The van der Waals surface area contributed by atoms with Crippen molar-refractivity contribution in [1.29, 1.82) is 0 Å². The minimum absolute atomic E-state index is 0.702. The van der Waals surface area contributed by atoms with E-state index in [1.807, 2.05) is 12.4 Å². The monoisotopic (exact) mass is 331 g/mol. The van der Waals surface area contributed by atoms with Gasteiger partial charge in [0.15, 0.2) is 0 Å². The molecule has 1 saturated heterocycles. The van der Waals surface area contributed by atoms with Crippen molar-refractivity contribution in [1.82, 2.24) is 14.9 Å². The standard InChI is InChI=1S/C18H29N3OSi/c1-22-11-10-21-8-5-16(6-9-21)13-18-19-14-17(15-20-18)7-12-23(2,3)4/h14-16H,5-6,8-11,13H2,1-4H3. The highest BCUT2D eigenvalue weighted by Gasteiger charge is 2.20. The number of aromatic nitrogens is 2. The van der Waals surface area contributed by atoms with Crippen molar-refractivity contribution in [2.75, 3.05) is 33.4 Å². The Labute approximate surface area is 141 Å². The fourth-order valence-corrected chi connectivity index (χ4v) is 3.20. The van der Waals surface area contributed by atoms with Crippen LogP contribution in [0.1, 0.15) is 24.2 Å². The Morgan fingerprint density at radius 2 is 1.87 bits per heavy atom. The molecular formula is C18H29N3OSi. The van der Waals surface area contributed by atoms with E-state index in [0.29, 0.717) is 5.92 Å². The Bertz CT molecular complexity index is 534. The van der Waals surface area contributed by atoms with E-state index in [1.54, 1.807) is 7.11 Å². The molecule has 0 N–H and O–H groups in total. The molecule has 0 saturated carbocycles. The third-order valence-corrected chi connectivity index (χ3v) is 4.95. The molecule has 0 atom stereocenters. The predicted octanol–water partition coefficient (Wildman–Crippen LogP) is 2.61. The molecular weight excluding hydrogens is 302 g/mol. The van der Waals surface area contributed by atoms with Crippen LogP contribution in [-0.4, -0.2) is 56.3 Å². The zero-order chi connectivity index (χ0) is 16.7. The Morgan fingerprint density at radius 3 is 2.43 bits per heavy atom. The first-order valence-electron chi connectivity index (χ1n) is 8.51. The van der Waals surface area contributed by atoms with Gasteiger partial charge in [-0.05, 0) is 31.8 Å². The fraction of sp³-hybridized carbons (Fsp3) is 0.667. The molecule has 5 heteroatoms. The third kappa shape index (κ3) is 6.82. The first-order chi connectivity index (χ1) is 11.0. The second-order valence-corrected chi connectivity index (χ2v) is 12.1. The molecule has 1 fully saturated rings. The number of piperidine rings is 1. The molecule has 0 amide bonds. The molecule has 0 aliphatic carbocycles. The lowest BCUT2D eigenvalue weighted by Crippen LogP contribution is -2.36. The van der Waals surface area contributed by atoms with Gasteiger partial charge in [0, 0.05) is 32.5 Å². The quantitative estimate of drug-likeness (QED) is 0.614. The number of methoxy groups -OCH3 is 1. The summed E-state index contributed by atoms with van der Waals surface area (Å²) in [6, 6.07) is 0. The molecule has 0 bridgehead atoms. The van der Waals surface area contributed by atoms with Crippen molar-refractivity contribution < 1.29 is 4.74 Å². The first-order valence-corrected chi connectivity index (χ1v) is 12.0. The van der Waals surface area contributed by atoms with Gasteiger partial charge in [-0.2, -0.15) is 0 Å². The van der Waals surface area contributed by atoms with Crippen LogP contribution < -0.4 is 0 Å². The van der Waals surface area contributed by atoms with Crippen LogP contribution in [0.5, 0.6) is 0 Å². The van der Waals surface area contributed by atoms with E-state index in [9.17, 15) is 0 Å². The van der Waals surface area contributed by atoms with Crippen LogP contribution in [0.15, 0.2) is 12.4 Å². The summed E-state index contributed by atoms with van der Waals surface area (Å²) < 4.78 is 5.15. The summed E-state index contributed by atoms with van der Waals surface area (Å²) in [7, 11) is 0.430. The van der Waals surface area contributed by atoms with Gasteiger partial charge in [0.05, 0.1) is 12.2 Å². The maximum Gasteiger partial charge on any atom is 0.129 e. The molecule has 0 unspecified atom stereocenters. The lowest BCUT2D eigenvalue weighted by atomic mass is 9.93. The Kier molecular flexibility index (Phi) is 6.76. The summed E-state index contributed by atoms with van der Waals surface area (Å²) in [5, 5.41) is 0. The van der Waals surface area contributed by atoms with Crippen molar-refractivity contribution >= 4 is 8.07 Å². The van der Waals surface area contributed by atoms with Crippen LogP contribution in [0.25, 0.3) is 0 Å². The summed E-state index contributed by atoms with van der Waals surface area (Å²) in [6.07, 6.45) is 7.20. The van der Waals surface area contributed by atoms with E-state index in [4.69, 9.17) is 4.74 Å².